The Morgan fingerprint density at radius 1 is 1.03 bits per heavy atom. The number of aromatic nitrogens is 2. The quantitative estimate of drug-likeness (QED) is 0.384. The Balaban J connectivity index is 1.63. The van der Waals surface area contributed by atoms with E-state index in [1.54, 1.807) is 18.3 Å². The van der Waals surface area contributed by atoms with Crippen LogP contribution in [0.4, 0.5) is 4.39 Å². The van der Waals surface area contributed by atoms with E-state index >= 15 is 0 Å². The first-order valence-corrected chi connectivity index (χ1v) is 9.97. The van der Waals surface area contributed by atoms with E-state index in [-0.39, 0.29) is 5.82 Å². The lowest BCUT2D eigenvalue weighted by atomic mass is 10.1. The van der Waals surface area contributed by atoms with Crippen molar-refractivity contribution in [2.24, 2.45) is 0 Å². The van der Waals surface area contributed by atoms with E-state index in [0.29, 0.717) is 25.5 Å². The van der Waals surface area contributed by atoms with Gasteiger partial charge >= 0.3 is 0 Å². The molecule has 4 rings (SSSR count). The zero-order valence-corrected chi connectivity index (χ0v) is 17.2. The summed E-state index contributed by atoms with van der Waals surface area (Å²) in [5.41, 5.74) is 5.53. The highest BCUT2D eigenvalue weighted by Gasteiger charge is 2.16. The summed E-state index contributed by atoms with van der Waals surface area (Å²) < 4.78 is 21.4. The van der Waals surface area contributed by atoms with Crippen molar-refractivity contribution in [3.8, 4) is 5.88 Å². The molecule has 0 unspecified atom stereocenters. The highest BCUT2D eigenvalue weighted by Crippen LogP contribution is 2.31. The fourth-order valence-electron chi connectivity index (χ4n) is 3.60. The summed E-state index contributed by atoms with van der Waals surface area (Å²) in [6.07, 6.45) is 2.47. The molecule has 2 aromatic carbocycles. The van der Waals surface area contributed by atoms with Gasteiger partial charge in [0.05, 0.1) is 6.61 Å². The Hall–Kier alpha value is -2.85. The van der Waals surface area contributed by atoms with Crippen molar-refractivity contribution in [3.05, 3.63) is 94.0 Å². The third-order valence-corrected chi connectivity index (χ3v) is 5.52. The Morgan fingerprint density at radius 2 is 1.83 bits per heavy atom. The van der Waals surface area contributed by atoms with Crippen LogP contribution < -0.4 is 4.74 Å². The third-order valence-electron chi connectivity index (χ3n) is 5.28. The molecule has 4 aromatic rings. The van der Waals surface area contributed by atoms with E-state index in [9.17, 15) is 4.39 Å². The molecule has 0 aliphatic heterocycles. The highest BCUT2D eigenvalue weighted by atomic mass is 35.5. The van der Waals surface area contributed by atoms with E-state index < -0.39 is 0 Å². The van der Waals surface area contributed by atoms with Gasteiger partial charge in [-0.05, 0) is 60.9 Å². The molecule has 2 heterocycles. The summed E-state index contributed by atoms with van der Waals surface area (Å²) >= 11 is 6.17. The molecule has 2 aromatic heterocycles. The van der Waals surface area contributed by atoms with Crippen LogP contribution in [0, 0.1) is 19.7 Å². The van der Waals surface area contributed by atoms with Gasteiger partial charge in [0.2, 0.25) is 5.88 Å². The molecule has 3 nitrogen and oxygen atoms in total. The van der Waals surface area contributed by atoms with Crippen LogP contribution >= 0.6 is 11.6 Å². The minimum Gasteiger partial charge on any atom is -0.476 e. The number of benzene rings is 2. The predicted octanol–water partition coefficient (Wildman–Crippen LogP) is 6.12. The summed E-state index contributed by atoms with van der Waals surface area (Å²) in [5, 5.41) is 1.86. The zero-order valence-electron chi connectivity index (χ0n) is 16.5. The minimum absolute atomic E-state index is 0.231. The van der Waals surface area contributed by atoms with Crippen LogP contribution in [0.25, 0.3) is 10.9 Å². The van der Waals surface area contributed by atoms with Crippen LogP contribution in [0.5, 0.6) is 5.88 Å². The molecule has 29 heavy (non-hydrogen) atoms. The second-order valence-corrected chi connectivity index (χ2v) is 7.60. The van der Waals surface area contributed by atoms with Crippen molar-refractivity contribution in [1.82, 2.24) is 9.55 Å². The lowest BCUT2D eigenvalue weighted by Gasteiger charge is -2.12. The number of aryl methyl sites for hydroxylation is 1. The molecule has 148 valence electrons. The molecule has 0 amide bonds. The van der Waals surface area contributed by atoms with Gasteiger partial charge in [0.15, 0.2) is 0 Å². The lowest BCUT2D eigenvalue weighted by molar-refractivity contribution is 0.312. The average Bonchev–Trinajstić information content (AvgIpc) is 2.95. The SMILES string of the molecule is Cc1c(C)n(Cc2cccc(Cl)c2)c2c(OCCc3ccc(F)cc3)nccc12. The summed E-state index contributed by atoms with van der Waals surface area (Å²) in [6.45, 7) is 5.39. The van der Waals surface area contributed by atoms with Gasteiger partial charge in [-0.15, -0.1) is 0 Å². The Bertz CT molecular complexity index is 1150. The second-order valence-electron chi connectivity index (χ2n) is 7.16. The van der Waals surface area contributed by atoms with Gasteiger partial charge in [0, 0.05) is 35.3 Å². The van der Waals surface area contributed by atoms with Gasteiger partial charge in [-0.3, -0.25) is 0 Å². The lowest BCUT2D eigenvalue weighted by Crippen LogP contribution is -2.07. The topological polar surface area (TPSA) is 27.1 Å². The normalized spacial score (nSPS) is 11.2. The van der Waals surface area contributed by atoms with Gasteiger partial charge in [-0.25, -0.2) is 9.37 Å². The van der Waals surface area contributed by atoms with Crippen molar-refractivity contribution < 1.29 is 9.13 Å². The maximum Gasteiger partial charge on any atom is 0.238 e. The first-order chi connectivity index (χ1) is 14.0. The smallest absolute Gasteiger partial charge is 0.238 e. The van der Waals surface area contributed by atoms with Crippen LogP contribution in [-0.2, 0) is 13.0 Å². The molecular weight excluding hydrogens is 387 g/mol. The standard InChI is InChI=1S/C24H22ClFN2O/c1-16-17(2)28(15-19-4-3-5-20(25)14-19)23-22(16)10-12-27-24(23)29-13-11-18-6-8-21(26)9-7-18/h3-10,12,14H,11,13,15H2,1-2H3. The second kappa shape index (κ2) is 8.26. The molecule has 0 bridgehead atoms. The summed E-state index contributed by atoms with van der Waals surface area (Å²) in [6, 6.07) is 16.4. The Morgan fingerprint density at radius 3 is 2.59 bits per heavy atom. The van der Waals surface area contributed by atoms with Crippen LogP contribution in [0.3, 0.4) is 0 Å². The Kier molecular flexibility index (Phi) is 5.54. The van der Waals surface area contributed by atoms with E-state index in [1.807, 2.05) is 24.3 Å². The van der Waals surface area contributed by atoms with E-state index in [2.05, 4.69) is 29.5 Å². The van der Waals surface area contributed by atoms with Gasteiger partial charge in [-0.1, -0.05) is 35.9 Å². The maximum absolute atomic E-state index is 13.1. The summed E-state index contributed by atoms with van der Waals surface area (Å²) in [5.74, 6) is 0.383. The largest absolute Gasteiger partial charge is 0.476 e. The van der Waals surface area contributed by atoms with Crippen molar-refractivity contribution >= 4 is 22.5 Å². The molecule has 0 atom stereocenters. The van der Waals surface area contributed by atoms with Crippen molar-refractivity contribution in [3.63, 3.8) is 0 Å². The number of fused-ring (bicyclic) bond motifs is 1. The molecule has 0 fully saturated rings. The summed E-state index contributed by atoms with van der Waals surface area (Å²) in [7, 11) is 0. The van der Waals surface area contributed by atoms with Gasteiger partial charge in [0.1, 0.15) is 11.3 Å². The van der Waals surface area contributed by atoms with E-state index in [0.717, 1.165) is 27.1 Å². The minimum atomic E-state index is -0.231. The average molecular weight is 409 g/mol. The number of hydrogen-bond acceptors (Lipinski definition) is 2. The molecule has 0 aliphatic carbocycles. The van der Waals surface area contributed by atoms with Crippen LogP contribution in [0.15, 0.2) is 60.8 Å². The van der Waals surface area contributed by atoms with Crippen molar-refractivity contribution in [2.45, 2.75) is 26.8 Å². The molecule has 0 saturated carbocycles. The number of hydrogen-bond donors (Lipinski definition) is 0. The first-order valence-electron chi connectivity index (χ1n) is 9.59. The molecule has 0 saturated heterocycles. The fraction of sp³-hybridized carbons (Fsp3) is 0.208. The third kappa shape index (κ3) is 4.13. The maximum atomic E-state index is 13.1. The van der Waals surface area contributed by atoms with Gasteiger partial charge < -0.3 is 9.30 Å². The predicted molar refractivity (Wildman–Crippen MR) is 115 cm³/mol. The molecule has 0 N–H and O–H groups in total. The van der Waals surface area contributed by atoms with Crippen molar-refractivity contribution in [2.75, 3.05) is 6.61 Å². The Labute approximate surface area is 174 Å². The van der Waals surface area contributed by atoms with E-state index in [1.165, 1.54) is 23.4 Å². The zero-order chi connectivity index (χ0) is 20.4. The molecule has 5 heteroatoms. The summed E-state index contributed by atoms with van der Waals surface area (Å²) in [4.78, 5) is 4.50. The van der Waals surface area contributed by atoms with Crippen LogP contribution in [0.1, 0.15) is 22.4 Å². The monoisotopic (exact) mass is 408 g/mol. The van der Waals surface area contributed by atoms with Gasteiger partial charge in [-0.2, -0.15) is 0 Å². The highest BCUT2D eigenvalue weighted by molar-refractivity contribution is 6.30. The molecule has 0 radical (unpaired) electrons. The van der Waals surface area contributed by atoms with Crippen LogP contribution in [-0.4, -0.2) is 16.2 Å². The number of halogens is 2. The number of ether oxygens (including phenoxy) is 1. The number of pyridine rings is 1. The first kappa shape index (κ1) is 19.5. The molecule has 0 aliphatic rings. The molecule has 0 spiro atoms. The van der Waals surface area contributed by atoms with E-state index in [4.69, 9.17) is 16.3 Å². The van der Waals surface area contributed by atoms with Crippen molar-refractivity contribution in [1.29, 1.82) is 0 Å². The number of nitrogens with zero attached hydrogens (tertiary/aromatic N) is 2. The molecular formula is C24H22ClFN2O. The van der Waals surface area contributed by atoms with Gasteiger partial charge in [0.25, 0.3) is 0 Å². The fourth-order valence-corrected chi connectivity index (χ4v) is 3.81. The van der Waals surface area contributed by atoms with Crippen LogP contribution in [0.2, 0.25) is 5.02 Å². The number of rotatable bonds is 6.